The van der Waals surface area contributed by atoms with Crippen molar-refractivity contribution in [3.63, 3.8) is 0 Å². The summed E-state index contributed by atoms with van der Waals surface area (Å²) < 4.78 is 27.3. The minimum absolute atomic E-state index is 0.177. The smallest absolute Gasteiger partial charge is 0.196 e. The van der Waals surface area contributed by atoms with Gasteiger partial charge in [0.2, 0.25) is 0 Å². The van der Waals surface area contributed by atoms with E-state index in [0.29, 0.717) is 17.0 Å². The first-order valence-electron chi connectivity index (χ1n) is 5.84. The Bertz CT molecular complexity index is 645. The third kappa shape index (κ3) is 2.52. The summed E-state index contributed by atoms with van der Waals surface area (Å²) in [6.45, 7) is 4.94. The van der Waals surface area contributed by atoms with Gasteiger partial charge in [0.05, 0.1) is 5.56 Å². The van der Waals surface area contributed by atoms with Crippen LogP contribution in [0.25, 0.3) is 0 Å². The number of nitrogens with zero attached hydrogens (tertiary/aromatic N) is 1. The summed E-state index contributed by atoms with van der Waals surface area (Å²) in [5.41, 5.74) is 1.56. The Morgan fingerprint density at radius 1 is 1.00 bits per heavy atom. The van der Waals surface area contributed by atoms with Crippen molar-refractivity contribution < 1.29 is 13.6 Å². The molecule has 1 aromatic heterocycles. The first-order valence-corrected chi connectivity index (χ1v) is 5.84. The highest BCUT2D eigenvalue weighted by Gasteiger charge is 2.19. The Hall–Kier alpha value is -2.10. The average molecular weight is 261 g/mol. The van der Waals surface area contributed by atoms with Crippen molar-refractivity contribution in [3.05, 3.63) is 64.0 Å². The predicted octanol–water partition coefficient (Wildman–Crippen LogP) is 3.52. The fourth-order valence-electron chi connectivity index (χ4n) is 1.94. The molecule has 98 valence electrons. The highest BCUT2D eigenvalue weighted by atomic mass is 19.2. The number of pyridine rings is 1. The van der Waals surface area contributed by atoms with E-state index in [1.165, 1.54) is 19.1 Å². The Morgan fingerprint density at radius 2 is 1.58 bits per heavy atom. The molecule has 0 spiro atoms. The molecular formula is C15H13F2NO. The number of aromatic nitrogens is 1. The second kappa shape index (κ2) is 4.88. The molecule has 0 fully saturated rings. The van der Waals surface area contributed by atoms with Gasteiger partial charge in [-0.05, 0) is 44.5 Å². The minimum atomic E-state index is -1.10. The zero-order valence-electron chi connectivity index (χ0n) is 10.9. The van der Waals surface area contributed by atoms with E-state index in [0.717, 1.165) is 0 Å². The summed E-state index contributed by atoms with van der Waals surface area (Å²) in [6.07, 6.45) is 0. The average Bonchev–Trinajstić information content (AvgIpc) is 2.34. The van der Waals surface area contributed by atoms with Gasteiger partial charge in [-0.25, -0.2) is 8.78 Å². The molecule has 0 N–H and O–H groups in total. The maximum absolute atomic E-state index is 13.8. The molecule has 0 amide bonds. The molecule has 0 unspecified atom stereocenters. The van der Waals surface area contributed by atoms with Crippen LogP contribution >= 0.6 is 0 Å². The molecule has 0 saturated carbocycles. The lowest BCUT2D eigenvalue weighted by molar-refractivity contribution is 0.103. The molecule has 19 heavy (non-hydrogen) atoms. The van der Waals surface area contributed by atoms with Crippen molar-refractivity contribution in [1.29, 1.82) is 0 Å². The monoisotopic (exact) mass is 261 g/mol. The quantitative estimate of drug-likeness (QED) is 0.774. The predicted molar refractivity (Wildman–Crippen MR) is 68.2 cm³/mol. The van der Waals surface area contributed by atoms with Gasteiger partial charge in [0, 0.05) is 17.0 Å². The van der Waals surface area contributed by atoms with Crippen LogP contribution in [0.5, 0.6) is 0 Å². The van der Waals surface area contributed by atoms with Crippen molar-refractivity contribution in [2.75, 3.05) is 0 Å². The van der Waals surface area contributed by atoms with Gasteiger partial charge in [-0.1, -0.05) is 6.07 Å². The molecule has 0 bridgehead atoms. The van der Waals surface area contributed by atoms with Gasteiger partial charge in [0.15, 0.2) is 17.4 Å². The van der Waals surface area contributed by atoms with Crippen LogP contribution in [-0.2, 0) is 0 Å². The van der Waals surface area contributed by atoms with Crippen LogP contribution < -0.4 is 0 Å². The van der Waals surface area contributed by atoms with Crippen LogP contribution in [0.1, 0.15) is 32.9 Å². The van der Waals surface area contributed by atoms with Crippen molar-refractivity contribution in [2.24, 2.45) is 0 Å². The van der Waals surface area contributed by atoms with E-state index in [-0.39, 0.29) is 11.1 Å². The molecule has 0 aliphatic carbocycles. The minimum Gasteiger partial charge on any atom is -0.288 e. The summed E-state index contributed by atoms with van der Waals surface area (Å²) in [7, 11) is 0. The summed E-state index contributed by atoms with van der Waals surface area (Å²) >= 11 is 0. The summed E-state index contributed by atoms with van der Waals surface area (Å²) in [5.74, 6) is -2.62. The molecule has 0 aliphatic rings. The van der Waals surface area contributed by atoms with E-state index < -0.39 is 17.4 Å². The largest absolute Gasteiger partial charge is 0.288 e. The summed E-state index contributed by atoms with van der Waals surface area (Å²) in [4.78, 5) is 16.3. The van der Waals surface area contributed by atoms with Gasteiger partial charge in [-0.3, -0.25) is 9.78 Å². The molecule has 0 radical (unpaired) electrons. The number of carbonyl (C=O) groups is 1. The number of carbonyl (C=O) groups excluding carboxylic acids is 1. The zero-order chi connectivity index (χ0) is 14.2. The van der Waals surface area contributed by atoms with Gasteiger partial charge in [0.25, 0.3) is 0 Å². The van der Waals surface area contributed by atoms with Gasteiger partial charge < -0.3 is 0 Å². The fraction of sp³-hybridized carbons (Fsp3) is 0.200. The topological polar surface area (TPSA) is 30.0 Å². The Kier molecular flexibility index (Phi) is 3.42. The van der Waals surface area contributed by atoms with E-state index in [2.05, 4.69) is 4.98 Å². The third-order valence-electron chi connectivity index (χ3n) is 2.86. The number of benzene rings is 1. The summed E-state index contributed by atoms with van der Waals surface area (Å²) in [6, 6.07) is 5.83. The van der Waals surface area contributed by atoms with E-state index in [1.807, 2.05) is 0 Å². The number of hydrogen-bond acceptors (Lipinski definition) is 2. The fourth-order valence-corrected chi connectivity index (χ4v) is 1.94. The number of ketones is 1. The van der Waals surface area contributed by atoms with Crippen LogP contribution in [-0.4, -0.2) is 10.8 Å². The molecule has 2 rings (SSSR count). The standard InChI is InChI=1S/C15H13F2NO/c1-8-4-5-12(14(17)13(8)16)15(19)11-6-9(2)18-10(3)7-11/h4-7H,1-3H3. The van der Waals surface area contributed by atoms with Crippen molar-refractivity contribution in [2.45, 2.75) is 20.8 Å². The number of rotatable bonds is 2. The Labute approximate surface area is 110 Å². The van der Waals surface area contributed by atoms with Crippen LogP contribution in [0, 0.1) is 32.4 Å². The molecule has 0 saturated heterocycles. The molecule has 2 nitrogen and oxygen atoms in total. The molecule has 4 heteroatoms. The third-order valence-corrected chi connectivity index (χ3v) is 2.86. The van der Waals surface area contributed by atoms with Crippen LogP contribution in [0.15, 0.2) is 24.3 Å². The van der Waals surface area contributed by atoms with Gasteiger partial charge >= 0.3 is 0 Å². The first kappa shape index (κ1) is 13.3. The van der Waals surface area contributed by atoms with E-state index in [9.17, 15) is 13.6 Å². The van der Waals surface area contributed by atoms with E-state index >= 15 is 0 Å². The van der Waals surface area contributed by atoms with Crippen LogP contribution in [0.2, 0.25) is 0 Å². The highest BCUT2D eigenvalue weighted by molar-refractivity contribution is 6.09. The molecule has 2 aromatic rings. The number of hydrogen-bond donors (Lipinski definition) is 0. The molecule has 0 atom stereocenters. The number of aryl methyl sites for hydroxylation is 3. The number of halogens is 2. The van der Waals surface area contributed by atoms with Gasteiger partial charge in [-0.2, -0.15) is 0 Å². The lowest BCUT2D eigenvalue weighted by atomic mass is 10.0. The zero-order valence-corrected chi connectivity index (χ0v) is 10.9. The molecular weight excluding hydrogens is 248 g/mol. The second-order valence-corrected chi connectivity index (χ2v) is 4.53. The Morgan fingerprint density at radius 3 is 2.16 bits per heavy atom. The van der Waals surface area contributed by atoms with Crippen LogP contribution in [0.4, 0.5) is 8.78 Å². The molecule has 1 heterocycles. The van der Waals surface area contributed by atoms with Gasteiger partial charge in [-0.15, -0.1) is 0 Å². The van der Waals surface area contributed by atoms with Crippen LogP contribution in [0.3, 0.4) is 0 Å². The second-order valence-electron chi connectivity index (χ2n) is 4.53. The SMILES string of the molecule is Cc1cc(C(=O)c2ccc(C)c(F)c2F)cc(C)n1. The normalized spacial score (nSPS) is 10.6. The van der Waals surface area contributed by atoms with Crippen molar-refractivity contribution in [1.82, 2.24) is 4.98 Å². The lowest BCUT2D eigenvalue weighted by Gasteiger charge is -2.07. The summed E-state index contributed by atoms with van der Waals surface area (Å²) in [5, 5.41) is 0. The lowest BCUT2D eigenvalue weighted by Crippen LogP contribution is -2.08. The van der Waals surface area contributed by atoms with Crippen molar-refractivity contribution in [3.8, 4) is 0 Å². The van der Waals surface area contributed by atoms with E-state index in [1.54, 1.807) is 26.0 Å². The molecule has 1 aromatic carbocycles. The maximum atomic E-state index is 13.8. The first-order chi connectivity index (χ1) is 8.90. The van der Waals surface area contributed by atoms with Crippen molar-refractivity contribution >= 4 is 5.78 Å². The highest BCUT2D eigenvalue weighted by Crippen LogP contribution is 2.19. The Balaban J connectivity index is 2.53. The maximum Gasteiger partial charge on any atom is 0.196 e. The van der Waals surface area contributed by atoms with Gasteiger partial charge in [0.1, 0.15) is 0 Å². The molecule has 0 aliphatic heterocycles. The van der Waals surface area contributed by atoms with E-state index in [4.69, 9.17) is 0 Å².